The van der Waals surface area contributed by atoms with Gasteiger partial charge in [-0.05, 0) is 40.9 Å². The summed E-state index contributed by atoms with van der Waals surface area (Å²) < 4.78 is 5.19. The number of hydrogen-bond acceptors (Lipinski definition) is 2. The van der Waals surface area contributed by atoms with Gasteiger partial charge < -0.3 is 0 Å². The minimum Gasteiger partial charge on any atom is -0.283 e. The number of rotatable bonds is 0. The zero-order valence-corrected chi connectivity index (χ0v) is 10.4. The summed E-state index contributed by atoms with van der Waals surface area (Å²) in [6.07, 6.45) is 0. The molecule has 0 radical (unpaired) electrons. The van der Waals surface area contributed by atoms with Crippen LogP contribution >= 0.6 is 8.88 Å². The molecule has 0 N–H and O–H groups in total. The molecule has 0 aliphatic carbocycles. The summed E-state index contributed by atoms with van der Waals surface area (Å²) in [4.78, 5) is 0. The van der Waals surface area contributed by atoms with E-state index in [0.717, 1.165) is 8.88 Å². The van der Waals surface area contributed by atoms with Crippen molar-refractivity contribution in [3.8, 4) is 0 Å². The molecule has 0 bridgehead atoms. The van der Waals surface area contributed by atoms with Crippen LogP contribution < -0.4 is 0 Å². The Bertz CT molecular complexity index is 164. The zero-order chi connectivity index (χ0) is 8.86. The third-order valence-corrected chi connectivity index (χ3v) is 10.7. The standard InChI is InChI=1S/C7H19N2PSi/c1-7(2,3)9-10-8(4)11(9,5)6/h10H,1-6H3. The Morgan fingerprint density at radius 1 is 1.18 bits per heavy atom. The first-order valence-corrected chi connectivity index (χ1v) is 7.85. The molecule has 1 atom stereocenters. The molecule has 11 heavy (non-hydrogen) atoms. The molecule has 0 saturated carbocycles. The fraction of sp³-hybridized carbons (Fsp3) is 1.00. The molecule has 0 aromatic heterocycles. The average Bonchev–Trinajstić information content (AvgIpc) is 1.80. The normalized spacial score (nSPS) is 28.9. The molecule has 1 heterocycles. The molecular weight excluding hydrogens is 171 g/mol. The van der Waals surface area contributed by atoms with E-state index in [1.54, 1.807) is 0 Å². The lowest BCUT2D eigenvalue weighted by Gasteiger charge is -2.59. The van der Waals surface area contributed by atoms with E-state index in [1.807, 2.05) is 0 Å². The minimum absolute atomic E-state index is 0.376. The lowest BCUT2D eigenvalue weighted by molar-refractivity contribution is 0.322. The van der Waals surface area contributed by atoms with E-state index in [1.165, 1.54) is 0 Å². The van der Waals surface area contributed by atoms with Crippen LogP contribution in [-0.4, -0.2) is 29.7 Å². The van der Waals surface area contributed by atoms with Crippen molar-refractivity contribution in [2.75, 3.05) is 7.05 Å². The zero-order valence-electron chi connectivity index (χ0n) is 8.39. The van der Waals surface area contributed by atoms with E-state index in [2.05, 4.69) is 49.6 Å². The summed E-state index contributed by atoms with van der Waals surface area (Å²) in [7, 11) is 2.02. The van der Waals surface area contributed by atoms with Crippen molar-refractivity contribution in [1.29, 1.82) is 0 Å². The van der Waals surface area contributed by atoms with Crippen LogP contribution in [0, 0.1) is 0 Å². The maximum atomic E-state index is 2.67. The third-order valence-electron chi connectivity index (χ3n) is 2.29. The summed E-state index contributed by atoms with van der Waals surface area (Å²) in [6, 6.07) is 0. The van der Waals surface area contributed by atoms with Crippen LogP contribution in [0.2, 0.25) is 13.1 Å². The van der Waals surface area contributed by atoms with Gasteiger partial charge in [-0.2, -0.15) is 0 Å². The molecule has 1 rings (SSSR count). The van der Waals surface area contributed by atoms with Crippen LogP contribution in [0.1, 0.15) is 20.8 Å². The number of hydrogen-bond donors (Lipinski definition) is 0. The molecule has 4 heteroatoms. The molecule has 0 spiro atoms. The largest absolute Gasteiger partial charge is 0.283 e. The van der Waals surface area contributed by atoms with Gasteiger partial charge in [0.25, 0.3) is 0 Å². The summed E-state index contributed by atoms with van der Waals surface area (Å²) in [5.74, 6) is 0. The maximum Gasteiger partial charge on any atom is 0.209 e. The molecule has 0 amide bonds. The SMILES string of the molecule is CN1PN(C(C)(C)C)[Si]1(C)C. The molecule has 1 saturated heterocycles. The molecule has 1 fully saturated rings. The fourth-order valence-corrected chi connectivity index (χ4v) is 6.81. The highest BCUT2D eigenvalue weighted by Gasteiger charge is 2.49. The highest BCUT2D eigenvalue weighted by Crippen LogP contribution is 2.49. The second-order valence-corrected chi connectivity index (χ2v) is 11.0. The molecule has 1 aliphatic heterocycles. The number of nitrogens with zero attached hydrogens (tertiary/aromatic N) is 2. The summed E-state index contributed by atoms with van der Waals surface area (Å²) in [5.41, 5.74) is 0.376. The first-order valence-electron chi connectivity index (χ1n) is 4.07. The van der Waals surface area contributed by atoms with Crippen molar-refractivity contribution in [2.45, 2.75) is 39.4 Å². The first-order chi connectivity index (χ1) is 4.76. The first kappa shape index (κ1) is 9.65. The monoisotopic (exact) mass is 190 g/mol. The minimum atomic E-state index is -1.14. The predicted molar refractivity (Wildman–Crippen MR) is 55.2 cm³/mol. The van der Waals surface area contributed by atoms with Gasteiger partial charge in [0, 0.05) is 14.4 Å². The van der Waals surface area contributed by atoms with Crippen molar-refractivity contribution in [3.05, 3.63) is 0 Å². The van der Waals surface area contributed by atoms with Gasteiger partial charge in [0.15, 0.2) is 0 Å². The third kappa shape index (κ3) is 1.52. The quantitative estimate of drug-likeness (QED) is 0.427. The van der Waals surface area contributed by atoms with Gasteiger partial charge in [-0.15, -0.1) is 0 Å². The van der Waals surface area contributed by atoms with Gasteiger partial charge in [-0.25, -0.2) is 0 Å². The van der Waals surface area contributed by atoms with Gasteiger partial charge >= 0.3 is 0 Å². The van der Waals surface area contributed by atoms with Crippen LogP contribution in [0.15, 0.2) is 0 Å². The van der Waals surface area contributed by atoms with Crippen molar-refractivity contribution in [1.82, 2.24) is 8.67 Å². The predicted octanol–water partition coefficient (Wildman–Crippen LogP) is 2.24. The summed E-state index contributed by atoms with van der Waals surface area (Å²) in [5, 5.41) is 0. The molecule has 2 nitrogen and oxygen atoms in total. The second-order valence-electron chi connectivity index (χ2n) is 4.66. The Labute approximate surface area is 73.0 Å². The van der Waals surface area contributed by atoms with E-state index in [9.17, 15) is 0 Å². The Kier molecular flexibility index (Phi) is 2.22. The molecule has 1 unspecified atom stereocenters. The lowest BCUT2D eigenvalue weighted by atomic mass is 10.1. The summed E-state index contributed by atoms with van der Waals surface area (Å²) in [6.45, 7) is 11.7. The smallest absolute Gasteiger partial charge is 0.209 e. The van der Waals surface area contributed by atoms with Gasteiger partial charge in [0.2, 0.25) is 8.40 Å². The van der Waals surface area contributed by atoms with E-state index in [0.29, 0.717) is 5.54 Å². The summed E-state index contributed by atoms with van der Waals surface area (Å²) >= 11 is 0. The van der Waals surface area contributed by atoms with Crippen molar-refractivity contribution in [2.24, 2.45) is 0 Å². The van der Waals surface area contributed by atoms with Crippen LogP contribution in [0.5, 0.6) is 0 Å². The van der Waals surface area contributed by atoms with E-state index in [-0.39, 0.29) is 0 Å². The highest BCUT2D eigenvalue weighted by atomic mass is 31.1. The van der Waals surface area contributed by atoms with Crippen LogP contribution in [0.4, 0.5) is 0 Å². The molecule has 66 valence electrons. The molecular formula is C7H19N2PSi. The van der Waals surface area contributed by atoms with E-state index >= 15 is 0 Å². The van der Waals surface area contributed by atoms with E-state index in [4.69, 9.17) is 0 Å². The Hall–Kier alpha value is 0.567. The lowest BCUT2D eigenvalue weighted by Crippen LogP contribution is -2.68. The van der Waals surface area contributed by atoms with Crippen LogP contribution in [0.3, 0.4) is 0 Å². The Morgan fingerprint density at radius 3 is 1.73 bits per heavy atom. The van der Waals surface area contributed by atoms with Crippen LogP contribution in [0.25, 0.3) is 0 Å². The van der Waals surface area contributed by atoms with Crippen molar-refractivity contribution >= 4 is 17.3 Å². The highest BCUT2D eigenvalue weighted by molar-refractivity contribution is 7.45. The second kappa shape index (κ2) is 2.53. The van der Waals surface area contributed by atoms with Gasteiger partial charge in [0.1, 0.15) is 0 Å². The Balaban J connectivity index is 2.67. The molecule has 0 aromatic rings. The molecule has 1 aliphatic rings. The van der Waals surface area contributed by atoms with Crippen molar-refractivity contribution in [3.63, 3.8) is 0 Å². The van der Waals surface area contributed by atoms with Gasteiger partial charge in [-0.1, -0.05) is 0 Å². The molecule has 0 aromatic carbocycles. The van der Waals surface area contributed by atoms with Gasteiger partial charge in [0.05, 0.1) is 0 Å². The van der Waals surface area contributed by atoms with Gasteiger partial charge in [-0.3, -0.25) is 8.67 Å². The van der Waals surface area contributed by atoms with Crippen molar-refractivity contribution < 1.29 is 0 Å². The topological polar surface area (TPSA) is 6.48 Å². The average molecular weight is 190 g/mol. The van der Waals surface area contributed by atoms with Crippen LogP contribution in [-0.2, 0) is 0 Å². The maximum absolute atomic E-state index is 2.67. The fourth-order valence-electron chi connectivity index (χ4n) is 1.47. The van der Waals surface area contributed by atoms with E-state index < -0.39 is 8.40 Å². The Morgan fingerprint density at radius 2 is 1.64 bits per heavy atom.